The minimum Gasteiger partial charge on any atom is -0.326 e. The summed E-state index contributed by atoms with van der Waals surface area (Å²) < 4.78 is 0. The highest BCUT2D eigenvalue weighted by molar-refractivity contribution is 5.94. The molecular weight excluding hydrogens is 250 g/mol. The average molecular weight is 265 g/mol. The lowest BCUT2D eigenvalue weighted by atomic mass is 10.0. The lowest BCUT2D eigenvalue weighted by Crippen LogP contribution is -2.09. The van der Waals surface area contributed by atoms with E-state index in [1.165, 1.54) is 0 Å². The molecule has 3 N–H and O–H groups in total. The van der Waals surface area contributed by atoms with Crippen molar-refractivity contribution in [1.82, 2.24) is 10.2 Å². The SMILES string of the molecule is Cc1ccc2c(=O)[nH]nc(-c3ccc(CN)cc3)c2c1. The van der Waals surface area contributed by atoms with E-state index in [9.17, 15) is 4.79 Å². The molecule has 2 aromatic carbocycles. The molecule has 0 aliphatic rings. The minimum atomic E-state index is -0.165. The number of aromatic nitrogens is 2. The highest BCUT2D eigenvalue weighted by atomic mass is 16.1. The van der Waals surface area contributed by atoms with Crippen molar-refractivity contribution in [3.8, 4) is 11.3 Å². The van der Waals surface area contributed by atoms with Crippen molar-refractivity contribution in [2.75, 3.05) is 0 Å². The Morgan fingerprint density at radius 1 is 1.10 bits per heavy atom. The summed E-state index contributed by atoms with van der Waals surface area (Å²) in [4.78, 5) is 11.8. The van der Waals surface area contributed by atoms with Crippen molar-refractivity contribution in [1.29, 1.82) is 0 Å². The van der Waals surface area contributed by atoms with Gasteiger partial charge in [-0.15, -0.1) is 0 Å². The van der Waals surface area contributed by atoms with E-state index in [4.69, 9.17) is 5.73 Å². The maximum Gasteiger partial charge on any atom is 0.272 e. The highest BCUT2D eigenvalue weighted by Gasteiger charge is 2.08. The molecule has 4 heteroatoms. The van der Waals surface area contributed by atoms with Crippen LogP contribution in [-0.2, 0) is 6.54 Å². The van der Waals surface area contributed by atoms with E-state index in [0.29, 0.717) is 11.9 Å². The van der Waals surface area contributed by atoms with E-state index < -0.39 is 0 Å². The third kappa shape index (κ3) is 2.10. The Labute approximate surface area is 116 Å². The fraction of sp³-hybridized carbons (Fsp3) is 0.125. The second-order valence-electron chi connectivity index (χ2n) is 4.85. The smallest absolute Gasteiger partial charge is 0.272 e. The Balaban J connectivity index is 2.27. The fourth-order valence-electron chi connectivity index (χ4n) is 2.30. The largest absolute Gasteiger partial charge is 0.326 e. The van der Waals surface area contributed by atoms with Gasteiger partial charge in [0.2, 0.25) is 0 Å². The van der Waals surface area contributed by atoms with Gasteiger partial charge in [-0.05, 0) is 24.6 Å². The Morgan fingerprint density at radius 3 is 2.55 bits per heavy atom. The average Bonchev–Trinajstić information content (AvgIpc) is 2.48. The van der Waals surface area contributed by atoms with Crippen LogP contribution in [-0.4, -0.2) is 10.2 Å². The van der Waals surface area contributed by atoms with Gasteiger partial charge in [0.1, 0.15) is 0 Å². The van der Waals surface area contributed by atoms with Gasteiger partial charge in [-0.25, -0.2) is 5.10 Å². The minimum absolute atomic E-state index is 0.165. The zero-order chi connectivity index (χ0) is 14.1. The van der Waals surface area contributed by atoms with Gasteiger partial charge in [0, 0.05) is 17.5 Å². The van der Waals surface area contributed by atoms with Crippen LogP contribution >= 0.6 is 0 Å². The van der Waals surface area contributed by atoms with Crippen molar-refractivity contribution >= 4 is 10.8 Å². The molecule has 0 saturated carbocycles. The highest BCUT2D eigenvalue weighted by Crippen LogP contribution is 2.25. The van der Waals surface area contributed by atoms with Crippen molar-refractivity contribution in [3.63, 3.8) is 0 Å². The number of fused-ring (bicyclic) bond motifs is 1. The van der Waals surface area contributed by atoms with E-state index in [-0.39, 0.29) is 5.56 Å². The van der Waals surface area contributed by atoms with Crippen LogP contribution in [0.15, 0.2) is 47.3 Å². The number of aromatic amines is 1. The first-order valence-electron chi connectivity index (χ1n) is 6.47. The Morgan fingerprint density at radius 2 is 1.85 bits per heavy atom. The van der Waals surface area contributed by atoms with Gasteiger partial charge >= 0.3 is 0 Å². The third-order valence-electron chi connectivity index (χ3n) is 3.41. The summed E-state index contributed by atoms with van der Waals surface area (Å²) in [5.74, 6) is 0. The maximum absolute atomic E-state index is 11.8. The third-order valence-corrected chi connectivity index (χ3v) is 3.41. The summed E-state index contributed by atoms with van der Waals surface area (Å²) in [6.07, 6.45) is 0. The first-order valence-corrected chi connectivity index (χ1v) is 6.47. The molecule has 4 nitrogen and oxygen atoms in total. The van der Waals surface area contributed by atoms with Crippen LogP contribution in [0.4, 0.5) is 0 Å². The Kier molecular flexibility index (Phi) is 3.08. The molecule has 3 rings (SSSR count). The van der Waals surface area contributed by atoms with Crippen molar-refractivity contribution in [2.24, 2.45) is 5.73 Å². The first kappa shape index (κ1) is 12.6. The molecule has 0 radical (unpaired) electrons. The van der Waals surface area contributed by atoms with Gasteiger partial charge in [-0.3, -0.25) is 4.79 Å². The number of rotatable bonds is 2. The Bertz CT molecular complexity index is 819. The molecule has 1 heterocycles. The fourth-order valence-corrected chi connectivity index (χ4v) is 2.30. The Hall–Kier alpha value is -2.46. The standard InChI is InChI=1S/C16H15N3O/c1-10-2-7-13-14(8-10)15(18-19-16(13)20)12-5-3-11(9-17)4-6-12/h2-8H,9,17H2,1H3,(H,19,20). The lowest BCUT2D eigenvalue weighted by molar-refractivity contribution is 1.02. The van der Waals surface area contributed by atoms with Gasteiger partial charge in [-0.1, -0.05) is 35.9 Å². The number of hydrogen-bond acceptors (Lipinski definition) is 3. The maximum atomic E-state index is 11.8. The summed E-state index contributed by atoms with van der Waals surface area (Å²) in [6.45, 7) is 2.51. The molecule has 0 aliphatic carbocycles. The predicted octanol–water partition coefficient (Wildman–Crippen LogP) is 2.36. The number of aryl methyl sites for hydroxylation is 1. The molecular formula is C16H15N3O. The number of H-pyrrole nitrogens is 1. The van der Waals surface area contributed by atoms with E-state index in [2.05, 4.69) is 10.2 Å². The summed E-state index contributed by atoms with van der Waals surface area (Å²) >= 11 is 0. The molecule has 0 unspecified atom stereocenters. The van der Waals surface area contributed by atoms with Crippen LogP contribution < -0.4 is 11.3 Å². The topological polar surface area (TPSA) is 71.8 Å². The van der Waals surface area contributed by atoms with Crippen LogP contribution in [0.5, 0.6) is 0 Å². The molecule has 0 spiro atoms. The van der Waals surface area contributed by atoms with Gasteiger partial charge in [-0.2, -0.15) is 5.10 Å². The number of benzene rings is 2. The lowest BCUT2D eigenvalue weighted by Gasteiger charge is -2.06. The molecule has 1 aromatic heterocycles. The van der Waals surface area contributed by atoms with Crippen LogP contribution in [0.2, 0.25) is 0 Å². The number of hydrogen-bond donors (Lipinski definition) is 2. The predicted molar refractivity (Wildman–Crippen MR) is 80.4 cm³/mol. The zero-order valence-electron chi connectivity index (χ0n) is 11.2. The van der Waals surface area contributed by atoms with Crippen LogP contribution in [0.3, 0.4) is 0 Å². The molecule has 0 aliphatic heterocycles. The van der Waals surface area contributed by atoms with E-state index >= 15 is 0 Å². The van der Waals surface area contributed by atoms with Crippen LogP contribution in [0.25, 0.3) is 22.0 Å². The number of nitrogens with one attached hydrogen (secondary N) is 1. The molecule has 0 atom stereocenters. The summed E-state index contributed by atoms with van der Waals surface area (Å²) in [5, 5.41) is 8.29. The summed E-state index contributed by atoms with van der Waals surface area (Å²) in [5.41, 5.74) is 9.36. The van der Waals surface area contributed by atoms with Crippen LogP contribution in [0.1, 0.15) is 11.1 Å². The summed E-state index contributed by atoms with van der Waals surface area (Å²) in [6, 6.07) is 13.7. The monoisotopic (exact) mass is 265 g/mol. The molecule has 0 fully saturated rings. The zero-order valence-corrected chi connectivity index (χ0v) is 11.2. The first-order chi connectivity index (χ1) is 9.69. The molecule has 0 bridgehead atoms. The summed E-state index contributed by atoms with van der Waals surface area (Å²) in [7, 11) is 0. The van der Waals surface area contributed by atoms with Crippen molar-refractivity contribution < 1.29 is 0 Å². The molecule has 3 aromatic rings. The quantitative estimate of drug-likeness (QED) is 0.747. The number of nitrogens with zero attached hydrogens (tertiary/aromatic N) is 1. The molecule has 100 valence electrons. The molecule has 0 saturated heterocycles. The normalized spacial score (nSPS) is 10.9. The van der Waals surface area contributed by atoms with E-state index in [0.717, 1.165) is 27.8 Å². The number of nitrogens with two attached hydrogens (primary N) is 1. The van der Waals surface area contributed by atoms with Gasteiger partial charge in [0.15, 0.2) is 0 Å². The van der Waals surface area contributed by atoms with Crippen molar-refractivity contribution in [2.45, 2.75) is 13.5 Å². The second-order valence-corrected chi connectivity index (χ2v) is 4.85. The molecule has 0 amide bonds. The van der Waals surface area contributed by atoms with E-state index in [1.807, 2.05) is 49.4 Å². The van der Waals surface area contributed by atoms with Gasteiger partial charge < -0.3 is 5.73 Å². The van der Waals surface area contributed by atoms with Crippen molar-refractivity contribution in [3.05, 3.63) is 63.9 Å². The van der Waals surface area contributed by atoms with Crippen LogP contribution in [0, 0.1) is 6.92 Å². The second kappa shape index (κ2) is 4.90. The van der Waals surface area contributed by atoms with E-state index in [1.54, 1.807) is 0 Å². The van der Waals surface area contributed by atoms with Gasteiger partial charge in [0.25, 0.3) is 5.56 Å². The molecule has 20 heavy (non-hydrogen) atoms. The van der Waals surface area contributed by atoms with Gasteiger partial charge in [0.05, 0.1) is 11.1 Å².